The molecule has 0 amide bonds. The fraction of sp³-hybridized carbons (Fsp3) is 0.241. The number of nitrogens with one attached hydrogen (secondary N) is 1. The molecule has 1 aliphatic heterocycles. The molecule has 1 N–H and O–H groups in total. The molecule has 0 aliphatic carbocycles. The quantitative estimate of drug-likeness (QED) is 0.139. The summed E-state index contributed by atoms with van der Waals surface area (Å²) in [5, 5.41) is 16.1. The summed E-state index contributed by atoms with van der Waals surface area (Å²) in [4.78, 5) is 19.3. The SMILES string of the molecule is Cc1n(C)nc([S-])[n+]1-c1cccc(NOCc2ccc3c(c2)N(Cc2ccccc2)[CH]C(CC(=O)[O-])C3)c1.[Li+]. The Hall–Kier alpha value is -3.35. The second-order valence-electron chi connectivity index (χ2n) is 9.50. The van der Waals surface area contributed by atoms with E-state index < -0.39 is 5.97 Å². The van der Waals surface area contributed by atoms with Gasteiger partial charge in [0.05, 0.1) is 25.9 Å². The first-order chi connectivity index (χ1) is 18.4. The second kappa shape index (κ2) is 12.7. The molecule has 0 bridgehead atoms. The average Bonchev–Trinajstić information content (AvgIpc) is 3.15. The largest absolute Gasteiger partial charge is 1.00 e. The molecule has 195 valence electrons. The predicted molar refractivity (Wildman–Crippen MR) is 144 cm³/mol. The summed E-state index contributed by atoms with van der Waals surface area (Å²) in [6.07, 6.45) is 0.666. The number of nitrogens with zero attached hydrogens (tertiary/aromatic N) is 4. The van der Waals surface area contributed by atoms with E-state index in [1.54, 1.807) is 4.68 Å². The number of aromatic nitrogens is 3. The third-order valence-corrected chi connectivity index (χ3v) is 6.97. The molecule has 1 radical (unpaired) electrons. The summed E-state index contributed by atoms with van der Waals surface area (Å²) in [5.41, 5.74) is 9.07. The van der Waals surface area contributed by atoms with E-state index in [4.69, 9.17) is 17.5 Å². The molecule has 1 aromatic heterocycles. The molecule has 0 saturated carbocycles. The Morgan fingerprint density at radius 1 is 1.13 bits per heavy atom. The van der Waals surface area contributed by atoms with Crippen LogP contribution in [0.1, 0.15) is 28.9 Å². The molecule has 0 saturated heterocycles. The van der Waals surface area contributed by atoms with Gasteiger partial charge in [0.2, 0.25) is 5.82 Å². The minimum absolute atomic E-state index is 0. The average molecular weight is 535 g/mol. The number of anilines is 2. The number of benzene rings is 3. The van der Waals surface area contributed by atoms with Crippen LogP contribution in [0.2, 0.25) is 0 Å². The van der Waals surface area contributed by atoms with Crippen molar-refractivity contribution in [3.8, 4) is 5.69 Å². The number of carbonyl (C=O) groups is 1. The molecular formula is C29H29LiN5O3S. The fourth-order valence-electron chi connectivity index (χ4n) is 4.80. The predicted octanol–water partition coefficient (Wildman–Crippen LogP) is -0.0606. The first kappa shape index (κ1) is 28.7. The Labute approximate surface area is 246 Å². The molecule has 39 heavy (non-hydrogen) atoms. The maximum absolute atomic E-state index is 11.3. The molecule has 0 spiro atoms. The van der Waals surface area contributed by atoms with E-state index >= 15 is 0 Å². The number of aliphatic carboxylic acids is 1. The van der Waals surface area contributed by atoms with E-state index in [1.807, 2.05) is 73.6 Å². The Morgan fingerprint density at radius 3 is 2.64 bits per heavy atom. The van der Waals surface area contributed by atoms with Crippen LogP contribution < -0.4 is 38.9 Å². The maximum atomic E-state index is 11.3. The zero-order valence-corrected chi connectivity index (χ0v) is 23.1. The number of carbonyl (C=O) groups excluding carboxylic acids is 1. The third kappa shape index (κ3) is 6.81. The van der Waals surface area contributed by atoms with E-state index in [0.717, 1.165) is 39.6 Å². The van der Waals surface area contributed by atoms with Crippen molar-refractivity contribution < 1.29 is 38.2 Å². The van der Waals surface area contributed by atoms with E-state index in [-0.39, 0.29) is 31.2 Å². The van der Waals surface area contributed by atoms with Crippen molar-refractivity contribution in [2.75, 3.05) is 10.4 Å². The number of carboxylic acid groups (broad SMARTS) is 1. The third-order valence-electron chi connectivity index (χ3n) is 6.71. The van der Waals surface area contributed by atoms with Crippen molar-refractivity contribution in [2.24, 2.45) is 13.0 Å². The number of aryl methyl sites for hydroxylation is 1. The molecule has 8 nitrogen and oxygen atoms in total. The van der Waals surface area contributed by atoms with Gasteiger partial charge in [0.25, 0.3) is 0 Å². The van der Waals surface area contributed by atoms with Crippen LogP contribution in [0.25, 0.3) is 5.69 Å². The number of rotatable bonds is 9. The van der Waals surface area contributed by atoms with Gasteiger partial charge in [0.1, 0.15) is 5.69 Å². The van der Waals surface area contributed by atoms with Gasteiger partial charge in [0.15, 0.2) is 5.16 Å². The van der Waals surface area contributed by atoms with Gasteiger partial charge in [-0.3, -0.25) is 10.3 Å². The minimum Gasteiger partial charge on any atom is -0.702 e. The van der Waals surface area contributed by atoms with Gasteiger partial charge in [-0.2, -0.15) is 0 Å². The fourth-order valence-corrected chi connectivity index (χ4v) is 5.16. The Bertz CT molecular complexity index is 1450. The normalized spacial score (nSPS) is 14.4. The van der Waals surface area contributed by atoms with Gasteiger partial charge in [-0.15, -0.1) is 4.68 Å². The van der Waals surface area contributed by atoms with Crippen molar-refractivity contribution in [3.63, 3.8) is 0 Å². The molecule has 3 aromatic carbocycles. The van der Waals surface area contributed by atoms with Crippen LogP contribution in [-0.4, -0.2) is 15.7 Å². The summed E-state index contributed by atoms with van der Waals surface area (Å²) < 4.78 is 3.67. The van der Waals surface area contributed by atoms with Crippen LogP contribution >= 0.6 is 0 Å². The van der Waals surface area contributed by atoms with Crippen LogP contribution in [0.4, 0.5) is 11.4 Å². The smallest absolute Gasteiger partial charge is 0.702 e. The van der Waals surface area contributed by atoms with Crippen molar-refractivity contribution >= 4 is 30.0 Å². The van der Waals surface area contributed by atoms with Crippen LogP contribution in [0.15, 0.2) is 78.0 Å². The van der Waals surface area contributed by atoms with Crippen molar-refractivity contribution in [3.05, 3.63) is 102 Å². The van der Waals surface area contributed by atoms with E-state index in [1.165, 1.54) is 0 Å². The first-order valence-electron chi connectivity index (χ1n) is 12.5. The zero-order chi connectivity index (χ0) is 26.6. The molecule has 0 fully saturated rings. The van der Waals surface area contributed by atoms with Gasteiger partial charge < -0.3 is 27.4 Å². The molecular weight excluding hydrogens is 505 g/mol. The first-order valence-corrected chi connectivity index (χ1v) is 12.9. The summed E-state index contributed by atoms with van der Waals surface area (Å²) in [6, 6.07) is 24.2. The van der Waals surface area contributed by atoms with Crippen molar-refractivity contribution in [1.29, 1.82) is 0 Å². The minimum atomic E-state index is -1.03. The van der Waals surface area contributed by atoms with E-state index in [9.17, 15) is 9.90 Å². The molecule has 2 heterocycles. The van der Waals surface area contributed by atoms with Gasteiger partial charge in [-0.1, -0.05) is 48.5 Å². The monoisotopic (exact) mass is 534 g/mol. The topological polar surface area (TPSA) is 86.3 Å². The summed E-state index contributed by atoms with van der Waals surface area (Å²) in [5.74, 6) is -0.208. The molecule has 1 unspecified atom stereocenters. The second-order valence-corrected chi connectivity index (χ2v) is 9.86. The summed E-state index contributed by atoms with van der Waals surface area (Å²) in [6.45, 7) is 4.99. The van der Waals surface area contributed by atoms with E-state index in [0.29, 0.717) is 24.7 Å². The van der Waals surface area contributed by atoms with E-state index in [2.05, 4.69) is 39.7 Å². The number of fused-ring (bicyclic) bond motifs is 1. The van der Waals surface area contributed by atoms with Crippen LogP contribution in [0.3, 0.4) is 0 Å². The van der Waals surface area contributed by atoms with Crippen molar-refractivity contribution in [1.82, 2.24) is 9.78 Å². The number of hydrogen-bond donors (Lipinski definition) is 1. The summed E-state index contributed by atoms with van der Waals surface area (Å²) >= 11 is 5.40. The Kier molecular flexibility index (Phi) is 9.31. The molecule has 4 aromatic rings. The molecule has 10 heteroatoms. The van der Waals surface area contributed by atoms with Gasteiger partial charge in [0, 0.05) is 36.3 Å². The number of carboxylic acids is 1. The molecule has 1 aliphatic rings. The van der Waals surface area contributed by atoms with Crippen molar-refractivity contribution in [2.45, 2.75) is 38.1 Å². The zero-order valence-electron chi connectivity index (χ0n) is 22.3. The van der Waals surface area contributed by atoms with Crippen LogP contribution in [0.5, 0.6) is 0 Å². The Morgan fingerprint density at radius 2 is 1.92 bits per heavy atom. The van der Waals surface area contributed by atoms with Crippen LogP contribution in [0, 0.1) is 19.4 Å². The number of hydrogen-bond acceptors (Lipinski definition) is 7. The summed E-state index contributed by atoms with van der Waals surface area (Å²) in [7, 11) is 1.87. The van der Waals surface area contributed by atoms with Crippen LogP contribution in [-0.2, 0) is 48.9 Å². The maximum Gasteiger partial charge on any atom is 1.00 e. The van der Waals surface area contributed by atoms with Gasteiger partial charge >= 0.3 is 18.9 Å². The van der Waals surface area contributed by atoms with Gasteiger partial charge in [-0.05, 0) is 53.6 Å². The molecule has 1 atom stereocenters. The molecule has 5 rings (SSSR count). The standard InChI is InChI=1S/C29H30N5O3S.Li/c1-20-32(2)30-29(38)34(20)26-10-6-9-25(16-26)31-37-19-22-11-12-24-13-23(15-28(35)36)18-33(27(24)14-22)17-21-7-4-3-5-8-21;/h3-12,14,16,18,23,31H,13,15,17,19H2,1-2H3,(H-,30,35,36,38);/q;+1/p-1. The Balaban J connectivity index is 0.00000353. The van der Waals surface area contributed by atoms with Gasteiger partial charge in [-0.25, -0.2) is 4.57 Å².